The summed E-state index contributed by atoms with van der Waals surface area (Å²) in [6.07, 6.45) is 4.56. The van der Waals surface area contributed by atoms with E-state index in [1.54, 1.807) is 24.5 Å². The molecule has 0 fully saturated rings. The van der Waals surface area contributed by atoms with Gasteiger partial charge in [-0.05, 0) is 54.3 Å². The maximum atomic E-state index is 12.5. The van der Waals surface area contributed by atoms with E-state index in [2.05, 4.69) is 4.98 Å². The quantitative estimate of drug-likeness (QED) is 0.870. The molecule has 21 heavy (non-hydrogen) atoms. The van der Waals surface area contributed by atoms with Gasteiger partial charge in [-0.15, -0.1) is 0 Å². The van der Waals surface area contributed by atoms with E-state index in [4.69, 9.17) is 5.73 Å². The summed E-state index contributed by atoms with van der Waals surface area (Å²) in [4.78, 5) is 3.93. The molecular weight excluding hydrogens is 286 g/mol. The van der Waals surface area contributed by atoms with Crippen molar-refractivity contribution in [2.24, 2.45) is 0 Å². The molecule has 2 heterocycles. The third-order valence-electron chi connectivity index (χ3n) is 3.69. The predicted molar refractivity (Wildman–Crippen MR) is 83.6 cm³/mol. The Morgan fingerprint density at radius 2 is 1.95 bits per heavy atom. The van der Waals surface area contributed by atoms with Crippen LogP contribution >= 0.6 is 0 Å². The molecule has 0 bridgehead atoms. The minimum absolute atomic E-state index is 0.0980. The summed E-state index contributed by atoms with van der Waals surface area (Å²) in [6.45, 7) is 0.497. The summed E-state index contributed by atoms with van der Waals surface area (Å²) in [5, 5.41) is 0. The highest BCUT2D eigenvalue weighted by Crippen LogP contribution is 2.32. The van der Waals surface area contributed by atoms with Crippen molar-refractivity contribution in [1.82, 2.24) is 4.98 Å². The summed E-state index contributed by atoms with van der Waals surface area (Å²) in [5.74, 6) is 0.0980. The zero-order chi connectivity index (χ0) is 14.9. The Hall–Kier alpha value is -2.08. The van der Waals surface area contributed by atoms with E-state index in [0.29, 0.717) is 18.7 Å². The second-order valence-electron chi connectivity index (χ2n) is 5.13. The molecule has 1 aliphatic heterocycles. The Morgan fingerprint density at radius 3 is 2.71 bits per heavy atom. The first kappa shape index (κ1) is 13.9. The van der Waals surface area contributed by atoms with Crippen LogP contribution in [0.2, 0.25) is 0 Å². The summed E-state index contributed by atoms with van der Waals surface area (Å²) >= 11 is 0. The van der Waals surface area contributed by atoms with Crippen LogP contribution in [0.4, 0.5) is 11.4 Å². The molecule has 5 nitrogen and oxygen atoms in total. The fourth-order valence-electron chi connectivity index (χ4n) is 2.59. The Balaban J connectivity index is 1.78. The van der Waals surface area contributed by atoms with Crippen molar-refractivity contribution >= 4 is 21.4 Å². The smallest absolute Gasteiger partial charge is 0.235 e. The number of nitrogens with zero attached hydrogens (tertiary/aromatic N) is 2. The number of nitrogen functional groups attached to an aromatic ring is 1. The third-order valence-corrected chi connectivity index (χ3v) is 5.46. The summed E-state index contributed by atoms with van der Waals surface area (Å²) in [6, 6.07) is 9.08. The summed E-state index contributed by atoms with van der Waals surface area (Å²) < 4.78 is 26.6. The van der Waals surface area contributed by atoms with Gasteiger partial charge in [-0.25, -0.2) is 8.42 Å². The molecule has 0 amide bonds. The normalized spacial score (nSPS) is 14.2. The van der Waals surface area contributed by atoms with Gasteiger partial charge < -0.3 is 5.73 Å². The lowest BCUT2D eigenvalue weighted by atomic mass is 10.1. The number of aromatic nitrogens is 1. The zero-order valence-electron chi connectivity index (χ0n) is 11.6. The first-order chi connectivity index (χ1) is 10.1. The van der Waals surface area contributed by atoms with Gasteiger partial charge in [0.05, 0.1) is 11.4 Å². The Morgan fingerprint density at radius 1 is 1.19 bits per heavy atom. The van der Waals surface area contributed by atoms with Crippen LogP contribution in [-0.2, 0) is 22.9 Å². The van der Waals surface area contributed by atoms with Gasteiger partial charge in [-0.2, -0.15) is 0 Å². The number of hydrogen-bond donors (Lipinski definition) is 1. The van der Waals surface area contributed by atoms with Crippen molar-refractivity contribution in [2.45, 2.75) is 12.8 Å². The molecule has 0 saturated heterocycles. The van der Waals surface area contributed by atoms with Crippen LogP contribution in [0, 0.1) is 0 Å². The van der Waals surface area contributed by atoms with Gasteiger partial charge in [-0.1, -0.05) is 0 Å². The van der Waals surface area contributed by atoms with Gasteiger partial charge in [0.1, 0.15) is 0 Å². The maximum absolute atomic E-state index is 12.5. The molecule has 110 valence electrons. The minimum atomic E-state index is -3.31. The Labute approximate surface area is 124 Å². The molecule has 0 aliphatic carbocycles. The number of aryl methyl sites for hydroxylation is 1. The number of benzene rings is 1. The molecule has 3 rings (SSSR count). The van der Waals surface area contributed by atoms with Gasteiger partial charge in [0.2, 0.25) is 10.0 Å². The van der Waals surface area contributed by atoms with Crippen LogP contribution in [-0.4, -0.2) is 25.7 Å². The first-order valence-electron chi connectivity index (χ1n) is 6.84. The molecule has 1 aliphatic rings. The van der Waals surface area contributed by atoms with Crippen LogP contribution in [0.5, 0.6) is 0 Å². The van der Waals surface area contributed by atoms with Gasteiger partial charge in [0, 0.05) is 24.6 Å². The Bertz CT molecular complexity index is 745. The zero-order valence-corrected chi connectivity index (χ0v) is 12.4. The van der Waals surface area contributed by atoms with Crippen molar-refractivity contribution in [1.29, 1.82) is 0 Å². The molecule has 0 spiro atoms. The van der Waals surface area contributed by atoms with E-state index in [0.717, 1.165) is 23.2 Å². The minimum Gasteiger partial charge on any atom is -0.399 e. The molecular formula is C15H17N3O2S. The number of rotatable bonds is 4. The monoisotopic (exact) mass is 303 g/mol. The van der Waals surface area contributed by atoms with E-state index in [-0.39, 0.29) is 5.75 Å². The van der Waals surface area contributed by atoms with Crippen LogP contribution in [0.3, 0.4) is 0 Å². The van der Waals surface area contributed by atoms with Crippen LogP contribution in [0.1, 0.15) is 11.1 Å². The van der Waals surface area contributed by atoms with E-state index in [1.807, 2.05) is 18.2 Å². The SMILES string of the molecule is Nc1ccc2c(c1)CCN2S(=O)(=O)CCc1ccncc1. The second kappa shape index (κ2) is 5.37. The standard InChI is InChI=1S/C15H17N3O2S/c16-14-1-2-15-13(11-14)5-9-18(15)21(19,20)10-6-12-3-7-17-8-4-12/h1-4,7-8,11H,5-6,9-10,16H2. The van der Waals surface area contributed by atoms with E-state index in [9.17, 15) is 8.42 Å². The van der Waals surface area contributed by atoms with Gasteiger partial charge in [0.25, 0.3) is 0 Å². The average Bonchev–Trinajstić information content (AvgIpc) is 2.90. The van der Waals surface area contributed by atoms with Gasteiger partial charge in [0.15, 0.2) is 0 Å². The molecule has 2 N–H and O–H groups in total. The first-order valence-corrected chi connectivity index (χ1v) is 8.45. The lowest BCUT2D eigenvalue weighted by Crippen LogP contribution is -2.32. The van der Waals surface area contributed by atoms with Crippen molar-refractivity contribution in [3.05, 3.63) is 53.9 Å². The number of pyridine rings is 1. The lowest BCUT2D eigenvalue weighted by molar-refractivity contribution is 0.591. The fraction of sp³-hybridized carbons (Fsp3) is 0.267. The fourth-order valence-corrected chi connectivity index (χ4v) is 4.15. The third kappa shape index (κ3) is 2.85. The molecule has 0 radical (unpaired) electrons. The van der Waals surface area contributed by atoms with Crippen molar-refractivity contribution in [2.75, 3.05) is 22.3 Å². The van der Waals surface area contributed by atoms with Gasteiger partial charge in [-0.3, -0.25) is 9.29 Å². The van der Waals surface area contributed by atoms with E-state index in [1.165, 1.54) is 4.31 Å². The van der Waals surface area contributed by atoms with E-state index < -0.39 is 10.0 Å². The highest BCUT2D eigenvalue weighted by Gasteiger charge is 2.29. The number of fused-ring (bicyclic) bond motifs is 1. The largest absolute Gasteiger partial charge is 0.399 e. The lowest BCUT2D eigenvalue weighted by Gasteiger charge is -2.19. The molecule has 0 unspecified atom stereocenters. The molecule has 1 aromatic heterocycles. The Kier molecular flexibility index (Phi) is 3.55. The van der Waals surface area contributed by atoms with Crippen LogP contribution in [0.25, 0.3) is 0 Å². The van der Waals surface area contributed by atoms with Crippen molar-refractivity contribution < 1.29 is 8.42 Å². The molecule has 6 heteroatoms. The molecule has 2 aromatic rings. The molecule has 1 aromatic carbocycles. The highest BCUT2D eigenvalue weighted by atomic mass is 32.2. The number of hydrogen-bond acceptors (Lipinski definition) is 4. The number of anilines is 2. The molecule has 0 atom stereocenters. The van der Waals surface area contributed by atoms with Crippen LogP contribution < -0.4 is 10.0 Å². The van der Waals surface area contributed by atoms with Crippen LogP contribution in [0.15, 0.2) is 42.7 Å². The second-order valence-corrected chi connectivity index (χ2v) is 7.14. The number of sulfonamides is 1. The average molecular weight is 303 g/mol. The van der Waals surface area contributed by atoms with E-state index >= 15 is 0 Å². The topological polar surface area (TPSA) is 76.3 Å². The van der Waals surface area contributed by atoms with Crippen molar-refractivity contribution in [3.8, 4) is 0 Å². The summed E-state index contributed by atoms with van der Waals surface area (Å²) in [7, 11) is -3.31. The maximum Gasteiger partial charge on any atom is 0.235 e. The molecule has 0 saturated carbocycles. The van der Waals surface area contributed by atoms with Crippen molar-refractivity contribution in [3.63, 3.8) is 0 Å². The number of nitrogens with two attached hydrogens (primary N) is 1. The highest BCUT2D eigenvalue weighted by molar-refractivity contribution is 7.92. The van der Waals surface area contributed by atoms with Gasteiger partial charge >= 0.3 is 0 Å². The summed E-state index contributed by atoms with van der Waals surface area (Å²) in [5.41, 5.74) is 9.16. The predicted octanol–water partition coefficient (Wildman–Crippen LogP) is 1.60.